The highest BCUT2D eigenvalue weighted by molar-refractivity contribution is 5.25. The summed E-state index contributed by atoms with van der Waals surface area (Å²) in [4.78, 5) is 4.43. The van der Waals surface area contributed by atoms with E-state index >= 15 is 0 Å². The van der Waals surface area contributed by atoms with E-state index < -0.39 is 0 Å². The summed E-state index contributed by atoms with van der Waals surface area (Å²) in [5, 5.41) is 11.3. The van der Waals surface area contributed by atoms with Crippen LogP contribution in [0.5, 0.6) is 0 Å². The molecule has 1 aromatic heterocycles. The fraction of sp³-hybridized carbons (Fsp3) is 0.727. The smallest absolute Gasteiger partial charge is 0.242 e. The fourth-order valence-corrected chi connectivity index (χ4v) is 1.43. The van der Waals surface area contributed by atoms with Gasteiger partial charge in [0.05, 0.1) is 11.4 Å². The SMILES string of the molecule is CCc1nnc(NCCCOC)nc1CC. The highest BCUT2D eigenvalue weighted by Gasteiger charge is 2.05. The maximum absolute atomic E-state index is 4.96. The number of nitrogens with zero attached hydrogens (tertiary/aromatic N) is 3. The van der Waals surface area contributed by atoms with Gasteiger partial charge in [-0.25, -0.2) is 4.98 Å². The van der Waals surface area contributed by atoms with Gasteiger partial charge in [0.2, 0.25) is 5.95 Å². The van der Waals surface area contributed by atoms with Gasteiger partial charge in [-0.15, -0.1) is 5.10 Å². The van der Waals surface area contributed by atoms with Gasteiger partial charge in [-0.2, -0.15) is 5.10 Å². The van der Waals surface area contributed by atoms with E-state index in [2.05, 4.69) is 34.3 Å². The summed E-state index contributed by atoms with van der Waals surface area (Å²) < 4.78 is 4.96. The molecule has 16 heavy (non-hydrogen) atoms. The lowest BCUT2D eigenvalue weighted by molar-refractivity contribution is 0.197. The van der Waals surface area contributed by atoms with Crippen LogP contribution in [-0.4, -0.2) is 35.4 Å². The van der Waals surface area contributed by atoms with Crippen LogP contribution in [0.2, 0.25) is 0 Å². The minimum Gasteiger partial charge on any atom is -0.385 e. The summed E-state index contributed by atoms with van der Waals surface area (Å²) in [5.41, 5.74) is 2.02. The first-order chi connectivity index (χ1) is 7.81. The molecule has 90 valence electrons. The van der Waals surface area contributed by atoms with Gasteiger partial charge in [-0.1, -0.05) is 13.8 Å². The molecule has 0 aliphatic heterocycles. The number of aromatic nitrogens is 3. The first-order valence-corrected chi connectivity index (χ1v) is 5.77. The van der Waals surface area contributed by atoms with Crippen LogP contribution < -0.4 is 5.32 Å². The largest absolute Gasteiger partial charge is 0.385 e. The van der Waals surface area contributed by atoms with Crippen molar-refractivity contribution in [2.75, 3.05) is 25.6 Å². The lowest BCUT2D eigenvalue weighted by Crippen LogP contribution is -2.11. The van der Waals surface area contributed by atoms with Gasteiger partial charge < -0.3 is 10.1 Å². The van der Waals surface area contributed by atoms with E-state index in [0.717, 1.165) is 43.8 Å². The molecule has 0 radical (unpaired) electrons. The molecule has 0 saturated heterocycles. The van der Waals surface area contributed by atoms with E-state index in [1.54, 1.807) is 7.11 Å². The predicted molar refractivity (Wildman–Crippen MR) is 63.6 cm³/mol. The topological polar surface area (TPSA) is 59.9 Å². The Balaban J connectivity index is 2.54. The number of aryl methyl sites for hydroxylation is 2. The van der Waals surface area contributed by atoms with Crippen molar-refractivity contribution in [2.45, 2.75) is 33.1 Å². The monoisotopic (exact) mass is 224 g/mol. The van der Waals surface area contributed by atoms with Crippen LogP contribution in [0.4, 0.5) is 5.95 Å². The number of ether oxygens (including phenoxy) is 1. The lowest BCUT2D eigenvalue weighted by Gasteiger charge is -2.07. The molecule has 1 rings (SSSR count). The Morgan fingerprint density at radius 2 is 1.88 bits per heavy atom. The molecule has 0 saturated carbocycles. The van der Waals surface area contributed by atoms with Crippen LogP contribution in [0, 0.1) is 0 Å². The first kappa shape index (κ1) is 12.8. The molecule has 0 bridgehead atoms. The van der Waals surface area contributed by atoms with E-state index in [0.29, 0.717) is 5.95 Å². The molecule has 5 nitrogen and oxygen atoms in total. The van der Waals surface area contributed by atoms with E-state index in [4.69, 9.17) is 4.74 Å². The Bertz CT molecular complexity index is 317. The van der Waals surface area contributed by atoms with Crippen LogP contribution in [0.1, 0.15) is 31.7 Å². The molecule has 0 amide bonds. The second-order valence-electron chi connectivity index (χ2n) is 3.51. The summed E-state index contributed by atoms with van der Waals surface area (Å²) >= 11 is 0. The second-order valence-corrected chi connectivity index (χ2v) is 3.51. The highest BCUT2D eigenvalue weighted by atomic mass is 16.5. The van der Waals surface area contributed by atoms with Gasteiger partial charge in [-0.3, -0.25) is 0 Å². The maximum atomic E-state index is 4.96. The third-order valence-corrected chi connectivity index (χ3v) is 2.32. The average Bonchev–Trinajstić information content (AvgIpc) is 2.34. The molecule has 0 fully saturated rings. The quantitative estimate of drug-likeness (QED) is 0.710. The van der Waals surface area contributed by atoms with Crippen molar-refractivity contribution in [2.24, 2.45) is 0 Å². The summed E-state index contributed by atoms with van der Waals surface area (Å²) in [6.45, 7) is 5.70. The molecular formula is C11H20N4O. The Labute approximate surface area is 96.6 Å². The molecule has 0 aliphatic rings. The second kappa shape index (κ2) is 7.11. The molecule has 1 heterocycles. The number of rotatable bonds is 7. The molecule has 0 unspecified atom stereocenters. The van der Waals surface area contributed by atoms with E-state index in [1.807, 2.05) is 0 Å². The van der Waals surface area contributed by atoms with Crippen LogP contribution >= 0.6 is 0 Å². The first-order valence-electron chi connectivity index (χ1n) is 5.77. The zero-order chi connectivity index (χ0) is 11.8. The molecule has 1 aromatic rings. The highest BCUT2D eigenvalue weighted by Crippen LogP contribution is 2.06. The molecule has 0 aromatic carbocycles. The molecular weight excluding hydrogens is 204 g/mol. The number of hydrogen-bond acceptors (Lipinski definition) is 5. The summed E-state index contributed by atoms with van der Waals surface area (Å²) in [6.07, 6.45) is 2.72. The number of hydrogen-bond donors (Lipinski definition) is 1. The van der Waals surface area contributed by atoms with Crippen molar-refractivity contribution < 1.29 is 4.74 Å². The minimum absolute atomic E-state index is 0.616. The number of nitrogens with one attached hydrogen (secondary N) is 1. The van der Waals surface area contributed by atoms with Gasteiger partial charge in [0.15, 0.2) is 0 Å². The zero-order valence-electron chi connectivity index (χ0n) is 10.3. The number of methoxy groups -OCH3 is 1. The molecule has 0 atom stereocenters. The maximum Gasteiger partial charge on any atom is 0.242 e. The molecule has 0 aliphatic carbocycles. The Morgan fingerprint density at radius 3 is 2.50 bits per heavy atom. The average molecular weight is 224 g/mol. The van der Waals surface area contributed by atoms with Gasteiger partial charge in [0.25, 0.3) is 0 Å². The molecule has 5 heteroatoms. The molecule has 0 spiro atoms. The Kier molecular flexibility index (Phi) is 5.71. The van der Waals surface area contributed by atoms with Crippen molar-refractivity contribution in [1.82, 2.24) is 15.2 Å². The summed E-state index contributed by atoms with van der Waals surface area (Å²) in [7, 11) is 1.70. The van der Waals surface area contributed by atoms with Crippen LogP contribution in [0.3, 0.4) is 0 Å². The van der Waals surface area contributed by atoms with Crippen LogP contribution in [0.25, 0.3) is 0 Å². The van der Waals surface area contributed by atoms with Crippen LogP contribution in [0.15, 0.2) is 0 Å². The van der Waals surface area contributed by atoms with Gasteiger partial charge in [0.1, 0.15) is 0 Å². The summed E-state index contributed by atoms with van der Waals surface area (Å²) in [6, 6.07) is 0. The van der Waals surface area contributed by atoms with Gasteiger partial charge in [0, 0.05) is 20.3 Å². The third kappa shape index (κ3) is 3.73. The zero-order valence-corrected chi connectivity index (χ0v) is 10.3. The van der Waals surface area contributed by atoms with Gasteiger partial charge in [-0.05, 0) is 19.3 Å². The predicted octanol–water partition coefficient (Wildman–Crippen LogP) is 1.44. The van der Waals surface area contributed by atoms with Crippen molar-refractivity contribution in [1.29, 1.82) is 0 Å². The Hall–Kier alpha value is -1.23. The molecule has 1 N–H and O–H groups in total. The standard InChI is InChI=1S/C11H20N4O/c1-4-9-10(5-2)14-15-11(13-9)12-7-6-8-16-3/h4-8H2,1-3H3,(H,12,13,15). The van der Waals surface area contributed by atoms with Crippen molar-refractivity contribution >= 4 is 5.95 Å². The fourth-order valence-electron chi connectivity index (χ4n) is 1.43. The van der Waals surface area contributed by atoms with Crippen molar-refractivity contribution in [3.05, 3.63) is 11.4 Å². The lowest BCUT2D eigenvalue weighted by atomic mass is 10.2. The third-order valence-electron chi connectivity index (χ3n) is 2.32. The summed E-state index contributed by atoms with van der Waals surface area (Å²) in [5.74, 6) is 0.616. The van der Waals surface area contributed by atoms with E-state index in [-0.39, 0.29) is 0 Å². The minimum atomic E-state index is 0.616. The van der Waals surface area contributed by atoms with Gasteiger partial charge >= 0.3 is 0 Å². The van der Waals surface area contributed by atoms with Crippen molar-refractivity contribution in [3.63, 3.8) is 0 Å². The Morgan fingerprint density at radius 1 is 1.12 bits per heavy atom. The number of anilines is 1. The normalized spacial score (nSPS) is 10.4. The van der Waals surface area contributed by atoms with E-state index in [9.17, 15) is 0 Å². The van der Waals surface area contributed by atoms with Crippen molar-refractivity contribution in [3.8, 4) is 0 Å². The van der Waals surface area contributed by atoms with E-state index in [1.165, 1.54) is 0 Å². The van der Waals surface area contributed by atoms with Crippen LogP contribution in [-0.2, 0) is 17.6 Å².